The van der Waals surface area contributed by atoms with Crippen LogP contribution in [0.3, 0.4) is 0 Å². The van der Waals surface area contributed by atoms with Crippen LogP contribution in [0.25, 0.3) is 0 Å². The van der Waals surface area contributed by atoms with Crippen LogP contribution >= 0.6 is 0 Å². The van der Waals surface area contributed by atoms with E-state index in [-0.39, 0.29) is 17.9 Å². The third kappa shape index (κ3) is 3.69. The summed E-state index contributed by atoms with van der Waals surface area (Å²) >= 11 is 0. The van der Waals surface area contributed by atoms with Crippen molar-refractivity contribution in [1.29, 1.82) is 0 Å². The summed E-state index contributed by atoms with van der Waals surface area (Å²) in [6, 6.07) is 7.58. The number of hydrogen-bond acceptors (Lipinski definition) is 3. The summed E-state index contributed by atoms with van der Waals surface area (Å²) in [5.74, 6) is -0.953. The first-order chi connectivity index (χ1) is 9.47. The standard InChI is InChI=1S/C13H14N2O4S/c16-13(17)7-10-1-3-12(4-2-10)20(18,19)15-9-11-5-6-14-8-11/h1-6,8,14-15H,7,9H2,(H,16,17). The van der Waals surface area contributed by atoms with Crippen LogP contribution in [0.15, 0.2) is 47.6 Å². The first-order valence-electron chi connectivity index (χ1n) is 5.89. The number of carbonyl (C=O) groups is 1. The van der Waals surface area contributed by atoms with Crippen molar-refractivity contribution >= 4 is 16.0 Å². The highest BCUT2D eigenvalue weighted by Gasteiger charge is 2.13. The predicted molar refractivity (Wildman–Crippen MR) is 72.6 cm³/mol. The second-order valence-corrected chi connectivity index (χ2v) is 6.03. The number of hydrogen-bond donors (Lipinski definition) is 3. The maximum atomic E-state index is 12.0. The number of aromatic nitrogens is 1. The first-order valence-corrected chi connectivity index (χ1v) is 7.38. The van der Waals surface area contributed by atoms with E-state index in [1.165, 1.54) is 24.3 Å². The number of aromatic amines is 1. The third-order valence-corrected chi connectivity index (χ3v) is 4.13. The van der Waals surface area contributed by atoms with Gasteiger partial charge >= 0.3 is 5.97 Å². The molecular formula is C13H14N2O4S. The van der Waals surface area contributed by atoms with Crippen molar-refractivity contribution in [2.45, 2.75) is 17.9 Å². The number of sulfonamides is 1. The molecule has 0 aliphatic rings. The minimum Gasteiger partial charge on any atom is -0.481 e. The summed E-state index contributed by atoms with van der Waals surface area (Å²) in [5, 5.41) is 8.65. The lowest BCUT2D eigenvalue weighted by Gasteiger charge is -2.06. The smallest absolute Gasteiger partial charge is 0.307 e. The number of H-pyrrole nitrogens is 1. The van der Waals surface area contributed by atoms with E-state index in [1.54, 1.807) is 18.5 Å². The molecule has 1 aromatic carbocycles. The predicted octanol–water partition coefficient (Wildman–Crippen LogP) is 1.12. The molecule has 20 heavy (non-hydrogen) atoms. The van der Waals surface area contributed by atoms with Gasteiger partial charge in [0.15, 0.2) is 0 Å². The monoisotopic (exact) mass is 294 g/mol. The van der Waals surface area contributed by atoms with Crippen molar-refractivity contribution < 1.29 is 18.3 Å². The molecule has 0 spiro atoms. The highest BCUT2D eigenvalue weighted by Crippen LogP contribution is 2.11. The molecule has 0 fully saturated rings. The number of nitrogens with one attached hydrogen (secondary N) is 2. The van der Waals surface area contributed by atoms with Crippen LogP contribution < -0.4 is 4.72 Å². The van der Waals surface area contributed by atoms with Crippen molar-refractivity contribution in [2.24, 2.45) is 0 Å². The number of benzene rings is 1. The van der Waals surface area contributed by atoms with E-state index in [0.717, 1.165) is 5.56 Å². The molecule has 0 bridgehead atoms. The topological polar surface area (TPSA) is 99.3 Å². The Labute approximate surface area is 116 Å². The molecule has 3 N–H and O–H groups in total. The Morgan fingerprint density at radius 3 is 2.40 bits per heavy atom. The molecule has 0 aliphatic carbocycles. The van der Waals surface area contributed by atoms with Crippen molar-refractivity contribution in [1.82, 2.24) is 9.71 Å². The lowest BCUT2D eigenvalue weighted by molar-refractivity contribution is -0.136. The third-order valence-electron chi connectivity index (χ3n) is 2.72. The van der Waals surface area contributed by atoms with Crippen molar-refractivity contribution in [3.05, 3.63) is 53.9 Å². The highest BCUT2D eigenvalue weighted by atomic mass is 32.2. The van der Waals surface area contributed by atoms with Crippen LogP contribution in [0.2, 0.25) is 0 Å². The molecule has 2 aromatic rings. The van der Waals surface area contributed by atoms with Gasteiger partial charge in [-0.2, -0.15) is 0 Å². The van der Waals surface area contributed by atoms with Gasteiger partial charge in [0, 0.05) is 18.9 Å². The van der Waals surface area contributed by atoms with Gasteiger partial charge in [0.1, 0.15) is 0 Å². The molecule has 7 heteroatoms. The van der Waals surface area contributed by atoms with Crippen LogP contribution in [0.5, 0.6) is 0 Å². The van der Waals surface area contributed by atoms with Crippen molar-refractivity contribution in [2.75, 3.05) is 0 Å². The van der Waals surface area contributed by atoms with E-state index < -0.39 is 16.0 Å². The van der Waals surface area contributed by atoms with Gasteiger partial charge in [-0.05, 0) is 29.3 Å². The maximum Gasteiger partial charge on any atom is 0.307 e. The molecule has 0 saturated carbocycles. The fourth-order valence-corrected chi connectivity index (χ4v) is 2.71. The molecule has 1 aromatic heterocycles. The first kappa shape index (κ1) is 14.3. The lowest BCUT2D eigenvalue weighted by atomic mass is 10.2. The Hall–Kier alpha value is -2.12. The second-order valence-electron chi connectivity index (χ2n) is 4.26. The number of rotatable bonds is 6. The van der Waals surface area contributed by atoms with Crippen LogP contribution in [0, 0.1) is 0 Å². The van der Waals surface area contributed by atoms with E-state index in [0.29, 0.717) is 5.56 Å². The zero-order valence-electron chi connectivity index (χ0n) is 10.5. The molecule has 0 aliphatic heterocycles. The highest BCUT2D eigenvalue weighted by molar-refractivity contribution is 7.89. The number of carboxylic acids is 1. The van der Waals surface area contributed by atoms with E-state index in [2.05, 4.69) is 9.71 Å². The maximum absolute atomic E-state index is 12.0. The van der Waals surface area contributed by atoms with Gasteiger partial charge in [0.05, 0.1) is 11.3 Å². The SMILES string of the molecule is O=C(O)Cc1ccc(S(=O)(=O)NCc2cc[nH]c2)cc1. The summed E-state index contributed by atoms with van der Waals surface area (Å²) in [5.41, 5.74) is 1.39. The average Bonchev–Trinajstić information content (AvgIpc) is 2.89. The molecule has 0 atom stereocenters. The zero-order chi connectivity index (χ0) is 14.6. The van der Waals surface area contributed by atoms with Gasteiger partial charge in [-0.1, -0.05) is 12.1 Å². The minimum absolute atomic E-state index is 0.113. The van der Waals surface area contributed by atoms with Gasteiger partial charge in [-0.15, -0.1) is 0 Å². The number of aliphatic carboxylic acids is 1. The Bertz CT molecular complexity index is 676. The number of carboxylic acid groups (broad SMARTS) is 1. The van der Waals surface area contributed by atoms with Crippen LogP contribution in [-0.4, -0.2) is 24.5 Å². The Kier molecular flexibility index (Phi) is 4.21. The molecule has 2 rings (SSSR count). The lowest BCUT2D eigenvalue weighted by Crippen LogP contribution is -2.23. The molecule has 0 amide bonds. The fraction of sp³-hybridized carbons (Fsp3) is 0.154. The molecule has 0 radical (unpaired) electrons. The quantitative estimate of drug-likeness (QED) is 0.743. The van der Waals surface area contributed by atoms with Crippen LogP contribution in [-0.2, 0) is 27.8 Å². The molecule has 0 saturated heterocycles. The molecule has 106 valence electrons. The summed E-state index contributed by atoms with van der Waals surface area (Å²) in [7, 11) is -3.59. The molecule has 6 nitrogen and oxygen atoms in total. The van der Waals surface area contributed by atoms with Gasteiger partial charge in [-0.25, -0.2) is 13.1 Å². The van der Waals surface area contributed by atoms with Gasteiger partial charge in [0.25, 0.3) is 0 Å². The molecule has 1 heterocycles. The van der Waals surface area contributed by atoms with Crippen molar-refractivity contribution in [3.8, 4) is 0 Å². The zero-order valence-corrected chi connectivity index (χ0v) is 11.4. The Morgan fingerprint density at radius 1 is 1.15 bits per heavy atom. The van der Waals surface area contributed by atoms with E-state index in [1.807, 2.05) is 0 Å². The van der Waals surface area contributed by atoms with Crippen molar-refractivity contribution in [3.63, 3.8) is 0 Å². The summed E-state index contributed by atoms with van der Waals surface area (Å²) < 4.78 is 26.5. The van der Waals surface area contributed by atoms with Gasteiger partial charge < -0.3 is 10.1 Å². The normalized spacial score (nSPS) is 11.4. The summed E-state index contributed by atoms with van der Waals surface area (Å²) in [6.07, 6.45) is 3.29. The molecular weight excluding hydrogens is 280 g/mol. The molecule has 0 unspecified atom stereocenters. The second kappa shape index (κ2) is 5.89. The Balaban J connectivity index is 2.07. The van der Waals surface area contributed by atoms with Crippen LogP contribution in [0.1, 0.15) is 11.1 Å². The summed E-state index contributed by atoms with van der Waals surface area (Å²) in [4.78, 5) is 13.5. The van der Waals surface area contributed by atoms with Crippen LogP contribution in [0.4, 0.5) is 0 Å². The summed E-state index contributed by atoms with van der Waals surface area (Å²) in [6.45, 7) is 0.197. The van der Waals surface area contributed by atoms with E-state index in [9.17, 15) is 13.2 Å². The van der Waals surface area contributed by atoms with Gasteiger partial charge in [0.2, 0.25) is 10.0 Å². The largest absolute Gasteiger partial charge is 0.481 e. The Morgan fingerprint density at radius 2 is 1.85 bits per heavy atom. The van der Waals surface area contributed by atoms with Gasteiger partial charge in [-0.3, -0.25) is 4.79 Å². The van der Waals surface area contributed by atoms with E-state index >= 15 is 0 Å². The fourth-order valence-electron chi connectivity index (χ4n) is 1.69. The minimum atomic E-state index is -3.59. The average molecular weight is 294 g/mol. The van der Waals surface area contributed by atoms with E-state index in [4.69, 9.17) is 5.11 Å².